The van der Waals surface area contributed by atoms with Crippen LogP contribution in [0, 0.1) is 17.8 Å². The maximum Gasteiger partial charge on any atom is 0.320 e. The lowest BCUT2D eigenvalue weighted by molar-refractivity contribution is -0.199. The number of phenolic OH excluding ortho intramolecular Hbond substituents is 1. The number of hydrogen-bond acceptors (Lipinski definition) is 14. The van der Waals surface area contributed by atoms with Gasteiger partial charge in [-0.05, 0) is 108 Å². The maximum atomic E-state index is 14.6. The summed E-state index contributed by atoms with van der Waals surface area (Å²) < 4.78 is 12.1. The van der Waals surface area contributed by atoms with Crippen LogP contribution in [0.2, 0.25) is 0 Å². The summed E-state index contributed by atoms with van der Waals surface area (Å²) in [5.74, 6) is -4.28. The molecule has 1 aromatic carbocycles. The molecule has 1 aromatic rings. The minimum atomic E-state index is -1.08. The average molecular weight is 1060 g/mol. The van der Waals surface area contributed by atoms with Crippen LogP contribution in [0.4, 0.5) is 0 Å². The Kier molecular flexibility index (Phi) is 28.0. The van der Waals surface area contributed by atoms with Crippen molar-refractivity contribution in [2.45, 2.75) is 186 Å². The molecule has 2 aliphatic heterocycles. The minimum Gasteiger partial charge on any atom is -0.508 e. The van der Waals surface area contributed by atoms with E-state index in [0.717, 1.165) is 18.4 Å². The lowest BCUT2D eigenvalue weighted by Crippen LogP contribution is -2.60. The van der Waals surface area contributed by atoms with Gasteiger partial charge in [0.05, 0.1) is 49.3 Å². The smallest absolute Gasteiger partial charge is 0.320 e. The van der Waals surface area contributed by atoms with Crippen molar-refractivity contribution in [3.05, 3.63) is 29.8 Å². The fourth-order valence-electron chi connectivity index (χ4n) is 10.3. The Morgan fingerprint density at radius 3 is 2.16 bits per heavy atom. The highest BCUT2D eigenvalue weighted by molar-refractivity contribution is 5.91. The highest BCUT2D eigenvalue weighted by Gasteiger charge is 2.44. The molecule has 0 bridgehead atoms. The van der Waals surface area contributed by atoms with Crippen LogP contribution in [0.5, 0.6) is 5.75 Å². The van der Waals surface area contributed by atoms with E-state index in [1.54, 1.807) is 47.9 Å². The maximum absolute atomic E-state index is 14.6. The van der Waals surface area contributed by atoms with Crippen LogP contribution in [0.25, 0.3) is 0 Å². The van der Waals surface area contributed by atoms with Crippen molar-refractivity contribution in [3.63, 3.8) is 0 Å². The first-order valence-electron chi connectivity index (χ1n) is 27.2. The van der Waals surface area contributed by atoms with E-state index in [9.17, 15) is 43.8 Å². The molecule has 0 unspecified atom stereocenters. The molecule has 11 atom stereocenters. The van der Waals surface area contributed by atoms with Gasteiger partial charge in [0.25, 0.3) is 5.91 Å². The highest BCUT2D eigenvalue weighted by atomic mass is 16.7. The summed E-state index contributed by atoms with van der Waals surface area (Å²) in [5, 5.41) is 39.7. The van der Waals surface area contributed by atoms with Crippen molar-refractivity contribution in [2.75, 3.05) is 61.1 Å². The normalized spacial score (nSPS) is 19.0. The number of amides is 6. The van der Waals surface area contributed by atoms with Crippen LogP contribution in [-0.4, -0.2) is 192 Å². The number of aromatic hydroxyl groups is 1. The molecule has 3 rings (SSSR count). The van der Waals surface area contributed by atoms with Gasteiger partial charge in [-0.15, -0.1) is 0 Å². The number of aliphatic hydroxyl groups excluding tert-OH is 1. The molecule has 0 saturated carbocycles. The van der Waals surface area contributed by atoms with E-state index in [1.165, 1.54) is 38.3 Å². The summed E-state index contributed by atoms with van der Waals surface area (Å²) in [6.45, 7) is 13.0. The zero-order chi connectivity index (χ0) is 55.9. The van der Waals surface area contributed by atoms with Gasteiger partial charge in [-0.25, -0.2) is 5.06 Å². The van der Waals surface area contributed by atoms with Crippen molar-refractivity contribution >= 4 is 41.4 Å². The van der Waals surface area contributed by atoms with E-state index in [0.29, 0.717) is 97.0 Å². The summed E-state index contributed by atoms with van der Waals surface area (Å²) in [7, 11) is 6.40. The number of carbonyl (C=O) groups is 7. The number of nitrogens with one attached hydrogen (secondary N) is 3. The summed E-state index contributed by atoms with van der Waals surface area (Å²) in [6.07, 6.45) is 4.81. The third-order valence-corrected chi connectivity index (χ3v) is 14.9. The Morgan fingerprint density at radius 1 is 0.880 bits per heavy atom. The number of aliphatic hydroxyl groups is 1. The molecular formula is C54H92N8O13. The number of carboxylic acid groups (broad SMARTS) is 1. The number of benzene rings is 1. The number of rotatable bonds is 33. The largest absolute Gasteiger partial charge is 0.508 e. The van der Waals surface area contributed by atoms with Gasteiger partial charge in [-0.1, -0.05) is 59.6 Å². The standard InChI is InChI=1S/C54H92N8O13/c1-11-35(4)47(60(8)53(70)46(34(2)3)58-51(68)48(37(6)63)59(7)28-16-12-13-22-44(65)56-27-15-14-20-40(55)54(71)72)43(73-9)33-45(66)61-29-19-21-42(61)49(74-10)36(5)50(67)57-41(32-38-23-25-39(64)26-24-38)52(69)62-30-17-18-31-75-62/h23-26,34-37,40-43,46-49,63-64H,11-22,27-33,55H2,1-10H3,(H,56,65)(H,57,67)(H,58,68)(H,71,72)/t35-,36+,37+,40-,41-,42-,43+,46-,47-,48-,49+/m0/s1. The highest BCUT2D eigenvalue weighted by Crippen LogP contribution is 2.30. The number of likely N-dealkylation sites (N-methyl/N-ethyl adjacent to an activating group) is 2. The summed E-state index contributed by atoms with van der Waals surface area (Å²) in [5.41, 5.74) is 6.26. The summed E-state index contributed by atoms with van der Waals surface area (Å²) in [6, 6.07) is 1.54. The fraction of sp³-hybridized carbons (Fsp3) is 0.759. The Hall–Kier alpha value is -4.93. The van der Waals surface area contributed by atoms with Gasteiger partial charge < -0.3 is 56.3 Å². The Labute approximate surface area is 445 Å². The number of phenols is 1. The molecule has 21 nitrogen and oxygen atoms in total. The monoisotopic (exact) mass is 1060 g/mol. The van der Waals surface area contributed by atoms with Crippen molar-refractivity contribution in [2.24, 2.45) is 23.5 Å². The first-order valence-corrected chi connectivity index (χ1v) is 27.2. The van der Waals surface area contributed by atoms with Crippen LogP contribution in [-0.2, 0) is 54.3 Å². The summed E-state index contributed by atoms with van der Waals surface area (Å²) >= 11 is 0. The second-order valence-corrected chi connectivity index (χ2v) is 21.0. The van der Waals surface area contributed by atoms with Gasteiger partial charge >= 0.3 is 5.97 Å². The number of carbonyl (C=O) groups excluding carboxylic acids is 6. The molecular weight excluding hydrogens is 969 g/mol. The van der Waals surface area contributed by atoms with Crippen molar-refractivity contribution < 1.29 is 63.2 Å². The van der Waals surface area contributed by atoms with Crippen LogP contribution >= 0.6 is 0 Å². The number of nitrogens with two attached hydrogens (primary N) is 1. The number of unbranched alkanes of at least 4 members (excludes halogenated alkanes) is 3. The van der Waals surface area contributed by atoms with Gasteiger partial charge in [0.2, 0.25) is 29.5 Å². The van der Waals surface area contributed by atoms with E-state index in [-0.39, 0.29) is 54.1 Å². The zero-order valence-electron chi connectivity index (χ0n) is 46.5. The molecule has 0 radical (unpaired) electrons. The Bertz CT molecular complexity index is 1950. The van der Waals surface area contributed by atoms with Gasteiger partial charge in [0, 0.05) is 53.7 Å². The van der Waals surface area contributed by atoms with Crippen LogP contribution < -0.4 is 21.7 Å². The third kappa shape index (κ3) is 19.9. The van der Waals surface area contributed by atoms with E-state index >= 15 is 0 Å². The zero-order valence-corrected chi connectivity index (χ0v) is 46.5. The number of ether oxygens (including phenoxy) is 2. The van der Waals surface area contributed by atoms with Gasteiger partial charge in [0.15, 0.2) is 0 Å². The van der Waals surface area contributed by atoms with E-state index in [1.807, 2.05) is 27.7 Å². The molecule has 21 heteroatoms. The lowest BCUT2D eigenvalue weighted by atomic mass is 9.89. The van der Waals surface area contributed by atoms with E-state index < -0.39 is 78.3 Å². The Morgan fingerprint density at radius 2 is 1.57 bits per heavy atom. The van der Waals surface area contributed by atoms with Crippen molar-refractivity contribution in [1.82, 2.24) is 35.7 Å². The second-order valence-electron chi connectivity index (χ2n) is 21.0. The number of likely N-dealkylation sites (tertiary alicyclic amines) is 1. The fourth-order valence-corrected chi connectivity index (χ4v) is 10.3. The van der Waals surface area contributed by atoms with Gasteiger partial charge in [0.1, 0.15) is 29.9 Å². The number of nitrogens with zero attached hydrogens (tertiary/aromatic N) is 4. The average Bonchev–Trinajstić information content (AvgIpc) is 3.87. The molecule has 2 heterocycles. The van der Waals surface area contributed by atoms with Gasteiger partial charge in [-0.3, -0.25) is 43.3 Å². The first-order chi connectivity index (χ1) is 35.6. The third-order valence-electron chi connectivity index (χ3n) is 14.9. The SMILES string of the molecule is CC[C@H](C)[C@@H]([C@@H](CC(=O)N1CCC[C@H]1[C@H](OC)[C@@H](C)C(=O)N[C@@H](Cc1ccc(O)cc1)C(=O)N1CCCCO1)OC)N(C)C(=O)[C@@H](NC(=O)[C@H]([C@@H](C)O)N(C)CCCCCC(=O)NCCCC[C@H](N)C(=O)O)C(C)C. The number of carboxylic acids is 1. The molecule has 0 aliphatic carbocycles. The first kappa shape index (κ1) is 64.4. The quantitative estimate of drug-likeness (QED) is 0.0499. The number of hydrogen-bond donors (Lipinski definition) is 7. The lowest BCUT2D eigenvalue weighted by Gasteiger charge is -2.41. The molecule has 2 saturated heterocycles. The predicted octanol–water partition coefficient (Wildman–Crippen LogP) is 2.97. The van der Waals surface area contributed by atoms with Crippen molar-refractivity contribution in [3.8, 4) is 5.75 Å². The molecule has 426 valence electrons. The van der Waals surface area contributed by atoms with E-state index in [2.05, 4.69) is 16.0 Å². The molecule has 6 amide bonds. The van der Waals surface area contributed by atoms with Gasteiger partial charge in [-0.2, -0.15) is 0 Å². The Balaban J connectivity index is 1.67. The second kappa shape index (κ2) is 32.6. The van der Waals surface area contributed by atoms with Crippen LogP contribution in [0.15, 0.2) is 24.3 Å². The minimum absolute atomic E-state index is 0.0779. The topological polar surface area (TPSA) is 283 Å². The number of methoxy groups -OCH3 is 2. The molecule has 75 heavy (non-hydrogen) atoms. The number of hydroxylamine groups is 2. The van der Waals surface area contributed by atoms with Crippen molar-refractivity contribution in [1.29, 1.82) is 0 Å². The van der Waals surface area contributed by atoms with E-state index in [4.69, 9.17) is 25.2 Å². The molecule has 0 aromatic heterocycles. The van der Waals surface area contributed by atoms with Crippen LogP contribution in [0.1, 0.15) is 131 Å². The molecule has 2 aliphatic rings. The molecule has 0 spiro atoms. The molecule has 8 N–H and O–H groups in total. The number of aliphatic carboxylic acids is 1. The predicted molar refractivity (Wildman–Crippen MR) is 283 cm³/mol. The molecule has 2 fully saturated rings. The summed E-state index contributed by atoms with van der Waals surface area (Å²) in [4.78, 5) is 105. The van der Waals surface area contributed by atoms with Crippen LogP contribution in [0.3, 0.4) is 0 Å².